The van der Waals surface area contributed by atoms with Crippen LogP contribution in [-0.4, -0.2) is 47.2 Å². The minimum Gasteiger partial charge on any atom is -0.497 e. The number of amides is 1. The highest BCUT2D eigenvalue weighted by Gasteiger charge is 2.30. The second kappa shape index (κ2) is 6.85. The van der Waals surface area contributed by atoms with Crippen LogP contribution in [0.1, 0.15) is 18.2 Å². The lowest BCUT2D eigenvalue weighted by molar-refractivity contribution is -0.128. The van der Waals surface area contributed by atoms with Gasteiger partial charge in [-0.3, -0.25) is 14.3 Å². The fourth-order valence-corrected chi connectivity index (χ4v) is 2.85. The van der Waals surface area contributed by atoms with E-state index in [1.165, 1.54) is 0 Å². The van der Waals surface area contributed by atoms with Gasteiger partial charge in [0, 0.05) is 29.4 Å². The lowest BCUT2D eigenvalue weighted by Crippen LogP contribution is -2.31. The van der Waals surface area contributed by atoms with Crippen LogP contribution in [0.2, 0.25) is 0 Å². The first-order valence-electron chi connectivity index (χ1n) is 6.58. The van der Waals surface area contributed by atoms with Gasteiger partial charge in [-0.15, -0.1) is 0 Å². The smallest absolute Gasteiger partial charge is 0.238 e. The Morgan fingerprint density at radius 2 is 2.10 bits per heavy atom. The summed E-state index contributed by atoms with van der Waals surface area (Å²) in [5, 5.41) is 3.21. The first-order chi connectivity index (χ1) is 9.61. The van der Waals surface area contributed by atoms with Gasteiger partial charge in [0.1, 0.15) is 11.9 Å². The Bertz CT molecular complexity index is 490. The zero-order valence-electron chi connectivity index (χ0n) is 11.8. The second-order valence-corrected chi connectivity index (χ2v) is 6.33. The van der Waals surface area contributed by atoms with Crippen LogP contribution in [0.3, 0.4) is 0 Å². The molecule has 1 fully saturated rings. The van der Waals surface area contributed by atoms with Crippen LogP contribution in [0.25, 0.3) is 0 Å². The molecule has 0 radical (unpaired) electrons. The Kier molecular flexibility index (Phi) is 5.14. The minimum absolute atomic E-state index is 0.0905. The number of carbonyl (C=O) groups is 1. The zero-order chi connectivity index (χ0) is 14.5. The lowest BCUT2D eigenvalue weighted by atomic mass is 10.1. The molecule has 1 heterocycles. The monoisotopic (exact) mass is 296 g/mol. The number of rotatable bonds is 6. The number of ether oxygens (including phenoxy) is 1. The minimum atomic E-state index is -0.812. The molecule has 1 aromatic carbocycles. The summed E-state index contributed by atoms with van der Waals surface area (Å²) in [5.74, 6) is 1.51. The maximum Gasteiger partial charge on any atom is 0.238 e. The maximum atomic E-state index is 11.9. The first kappa shape index (κ1) is 15.0. The molecule has 2 unspecified atom stereocenters. The van der Waals surface area contributed by atoms with Gasteiger partial charge in [-0.05, 0) is 24.1 Å². The third-order valence-electron chi connectivity index (χ3n) is 3.34. The van der Waals surface area contributed by atoms with Crippen molar-refractivity contribution in [3.05, 3.63) is 29.8 Å². The predicted molar refractivity (Wildman–Crippen MR) is 79.0 cm³/mol. The molecule has 1 aliphatic heterocycles. The number of benzene rings is 1. The Hall–Kier alpha value is -1.40. The van der Waals surface area contributed by atoms with Crippen molar-refractivity contribution in [2.75, 3.05) is 32.2 Å². The lowest BCUT2D eigenvalue weighted by Gasteiger charge is -2.24. The number of nitrogens with one attached hydrogen (secondary N) is 1. The largest absolute Gasteiger partial charge is 0.497 e. The van der Waals surface area contributed by atoms with Crippen LogP contribution >= 0.6 is 0 Å². The van der Waals surface area contributed by atoms with Gasteiger partial charge in [-0.25, -0.2) is 0 Å². The Labute approximate surface area is 121 Å². The van der Waals surface area contributed by atoms with E-state index in [4.69, 9.17) is 4.74 Å². The molecule has 0 aliphatic carbocycles. The van der Waals surface area contributed by atoms with Gasteiger partial charge >= 0.3 is 0 Å². The molecule has 20 heavy (non-hydrogen) atoms. The molecular formula is C14H20N2O3S. The predicted octanol–water partition coefficient (Wildman–Crippen LogP) is 0.894. The second-order valence-electron chi connectivity index (χ2n) is 4.77. The third kappa shape index (κ3) is 3.58. The molecule has 5 nitrogen and oxygen atoms in total. The molecule has 0 saturated carbocycles. The van der Waals surface area contributed by atoms with Crippen LogP contribution in [0.15, 0.2) is 24.3 Å². The topological polar surface area (TPSA) is 58.6 Å². The molecule has 0 aromatic heterocycles. The molecule has 0 spiro atoms. The molecule has 1 aromatic rings. The normalized spacial score (nSPS) is 20.2. The maximum absolute atomic E-state index is 11.9. The van der Waals surface area contributed by atoms with E-state index < -0.39 is 10.8 Å². The molecule has 2 rings (SSSR count). The van der Waals surface area contributed by atoms with Crippen molar-refractivity contribution in [2.45, 2.75) is 12.6 Å². The Morgan fingerprint density at radius 3 is 2.70 bits per heavy atom. The van der Waals surface area contributed by atoms with Crippen molar-refractivity contribution in [3.63, 3.8) is 0 Å². The average Bonchev–Trinajstić information content (AvgIpc) is 2.80. The van der Waals surface area contributed by atoms with E-state index in [-0.39, 0.29) is 12.1 Å². The van der Waals surface area contributed by atoms with Crippen molar-refractivity contribution >= 4 is 16.7 Å². The van der Waals surface area contributed by atoms with E-state index >= 15 is 0 Å². The van der Waals surface area contributed by atoms with Gasteiger partial charge in [0.05, 0.1) is 13.7 Å². The van der Waals surface area contributed by atoms with Crippen LogP contribution in [0.5, 0.6) is 5.75 Å². The van der Waals surface area contributed by atoms with Crippen LogP contribution in [0.4, 0.5) is 0 Å². The highest BCUT2D eigenvalue weighted by molar-refractivity contribution is 7.84. The van der Waals surface area contributed by atoms with Gasteiger partial charge in [0.2, 0.25) is 5.91 Å². The summed E-state index contributed by atoms with van der Waals surface area (Å²) in [5.41, 5.74) is 1.04. The molecular weight excluding hydrogens is 276 g/mol. The Morgan fingerprint density at radius 1 is 1.40 bits per heavy atom. The summed E-state index contributed by atoms with van der Waals surface area (Å²) < 4.78 is 16.2. The van der Waals surface area contributed by atoms with Gasteiger partial charge < -0.3 is 9.64 Å². The highest BCUT2D eigenvalue weighted by Crippen LogP contribution is 2.24. The van der Waals surface area contributed by atoms with E-state index in [0.29, 0.717) is 18.8 Å². The van der Waals surface area contributed by atoms with E-state index in [0.717, 1.165) is 17.7 Å². The molecule has 1 saturated heterocycles. The first-order valence-corrected chi connectivity index (χ1v) is 8.31. The average molecular weight is 296 g/mol. The molecule has 2 atom stereocenters. The van der Waals surface area contributed by atoms with Gasteiger partial charge in [0.15, 0.2) is 0 Å². The van der Waals surface area contributed by atoms with Crippen molar-refractivity contribution < 1.29 is 13.7 Å². The van der Waals surface area contributed by atoms with E-state index in [1.54, 1.807) is 13.4 Å². The van der Waals surface area contributed by atoms with Crippen molar-refractivity contribution in [1.82, 2.24) is 10.2 Å². The Balaban J connectivity index is 2.04. The van der Waals surface area contributed by atoms with Crippen molar-refractivity contribution in [1.29, 1.82) is 0 Å². The van der Waals surface area contributed by atoms with Crippen LogP contribution in [0, 0.1) is 0 Å². The summed E-state index contributed by atoms with van der Waals surface area (Å²) in [6.45, 7) is 0.980. The third-order valence-corrected chi connectivity index (χ3v) is 4.20. The number of methoxy groups -OCH3 is 1. The standard InChI is InChI=1S/C14H20N2O3S/c1-19-12-6-4-11(5-7-12)14-15-10-13(17)16(14)8-3-9-20(2)18/h4-7,14-15H,3,8-10H2,1-2H3. The number of carbonyl (C=O) groups excluding carboxylic acids is 1. The fraction of sp³-hybridized carbons (Fsp3) is 0.500. The molecule has 1 aliphatic rings. The SMILES string of the molecule is COc1ccc(C2NCC(=O)N2CCCS(C)=O)cc1. The fourth-order valence-electron chi connectivity index (χ4n) is 2.32. The van der Waals surface area contributed by atoms with E-state index in [9.17, 15) is 9.00 Å². The zero-order valence-corrected chi connectivity index (χ0v) is 12.6. The quantitative estimate of drug-likeness (QED) is 0.847. The molecule has 110 valence electrons. The molecule has 0 bridgehead atoms. The summed E-state index contributed by atoms with van der Waals surface area (Å²) in [6, 6.07) is 7.69. The van der Waals surface area contributed by atoms with Crippen LogP contribution < -0.4 is 10.1 Å². The summed E-state index contributed by atoms with van der Waals surface area (Å²) in [4.78, 5) is 13.7. The molecule has 1 N–H and O–H groups in total. The number of nitrogens with zero attached hydrogens (tertiary/aromatic N) is 1. The summed E-state index contributed by atoms with van der Waals surface area (Å²) >= 11 is 0. The number of hydrogen-bond acceptors (Lipinski definition) is 4. The molecule has 6 heteroatoms. The van der Waals surface area contributed by atoms with Gasteiger partial charge in [-0.1, -0.05) is 12.1 Å². The highest BCUT2D eigenvalue weighted by atomic mass is 32.2. The summed E-state index contributed by atoms with van der Waals surface area (Å²) in [7, 11) is 0.817. The number of hydrogen-bond donors (Lipinski definition) is 1. The van der Waals surface area contributed by atoms with Crippen molar-refractivity contribution in [2.24, 2.45) is 0 Å². The van der Waals surface area contributed by atoms with E-state index in [2.05, 4.69) is 5.32 Å². The van der Waals surface area contributed by atoms with E-state index in [1.807, 2.05) is 29.2 Å². The molecule has 1 amide bonds. The van der Waals surface area contributed by atoms with Gasteiger partial charge in [-0.2, -0.15) is 0 Å². The van der Waals surface area contributed by atoms with Crippen molar-refractivity contribution in [3.8, 4) is 5.75 Å². The van der Waals surface area contributed by atoms with Gasteiger partial charge in [0.25, 0.3) is 0 Å². The van der Waals surface area contributed by atoms with Crippen LogP contribution in [-0.2, 0) is 15.6 Å². The summed E-state index contributed by atoms with van der Waals surface area (Å²) in [6.07, 6.45) is 2.34.